The number of rotatable bonds is 7. The van der Waals surface area contributed by atoms with Gasteiger partial charge in [-0.05, 0) is 38.1 Å². The number of nitrogens with one attached hydrogen (secondary N) is 1. The van der Waals surface area contributed by atoms with Crippen molar-refractivity contribution in [3.05, 3.63) is 0 Å². The van der Waals surface area contributed by atoms with Crippen molar-refractivity contribution in [2.24, 2.45) is 11.8 Å². The SMILES string of the molecule is CC(C)C(C)OCCNCC1CCCCC1. The molecule has 0 aliphatic heterocycles. The second kappa shape index (κ2) is 8.08. The minimum Gasteiger partial charge on any atom is -0.377 e. The van der Waals surface area contributed by atoms with E-state index in [-0.39, 0.29) is 0 Å². The zero-order valence-electron chi connectivity index (χ0n) is 11.3. The van der Waals surface area contributed by atoms with Crippen molar-refractivity contribution in [3.63, 3.8) is 0 Å². The summed E-state index contributed by atoms with van der Waals surface area (Å²) >= 11 is 0. The van der Waals surface area contributed by atoms with Crippen LogP contribution in [0.15, 0.2) is 0 Å². The highest BCUT2D eigenvalue weighted by molar-refractivity contribution is 4.67. The van der Waals surface area contributed by atoms with Crippen LogP contribution in [0.3, 0.4) is 0 Å². The average Bonchev–Trinajstić information content (AvgIpc) is 2.29. The van der Waals surface area contributed by atoms with Crippen LogP contribution < -0.4 is 5.32 Å². The third-order valence-corrected chi connectivity index (χ3v) is 3.76. The Hall–Kier alpha value is -0.0800. The molecule has 1 N–H and O–H groups in total. The maximum Gasteiger partial charge on any atom is 0.0594 e. The van der Waals surface area contributed by atoms with Crippen LogP contribution in [0, 0.1) is 11.8 Å². The van der Waals surface area contributed by atoms with Crippen LogP contribution in [-0.4, -0.2) is 25.8 Å². The lowest BCUT2D eigenvalue weighted by Gasteiger charge is -2.22. The van der Waals surface area contributed by atoms with E-state index in [9.17, 15) is 0 Å². The van der Waals surface area contributed by atoms with Crippen molar-refractivity contribution in [2.45, 2.75) is 59.0 Å². The number of hydrogen-bond donors (Lipinski definition) is 1. The van der Waals surface area contributed by atoms with Crippen LogP contribution in [0.1, 0.15) is 52.9 Å². The molecular formula is C14H29NO. The normalized spacial score (nSPS) is 20.2. The molecule has 1 atom stereocenters. The first kappa shape index (κ1) is 14.0. The molecule has 1 rings (SSSR count). The molecule has 1 fully saturated rings. The first-order valence-corrected chi connectivity index (χ1v) is 7.02. The second-order valence-corrected chi connectivity index (χ2v) is 5.53. The van der Waals surface area contributed by atoms with Crippen molar-refractivity contribution in [1.29, 1.82) is 0 Å². The van der Waals surface area contributed by atoms with E-state index in [1.54, 1.807) is 0 Å². The first-order valence-electron chi connectivity index (χ1n) is 7.02. The molecule has 0 saturated heterocycles. The fourth-order valence-electron chi connectivity index (χ4n) is 2.21. The summed E-state index contributed by atoms with van der Waals surface area (Å²) in [5, 5.41) is 3.52. The van der Waals surface area contributed by atoms with Gasteiger partial charge >= 0.3 is 0 Å². The Labute approximate surface area is 101 Å². The summed E-state index contributed by atoms with van der Waals surface area (Å²) in [5.41, 5.74) is 0. The lowest BCUT2D eigenvalue weighted by atomic mass is 9.89. The molecule has 0 aromatic rings. The van der Waals surface area contributed by atoms with Gasteiger partial charge in [0.15, 0.2) is 0 Å². The van der Waals surface area contributed by atoms with Gasteiger partial charge in [0, 0.05) is 6.54 Å². The van der Waals surface area contributed by atoms with E-state index in [0.29, 0.717) is 12.0 Å². The standard InChI is InChI=1S/C14H29NO/c1-12(2)13(3)16-10-9-15-11-14-7-5-4-6-8-14/h12-15H,4-11H2,1-3H3. The summed E-state index contributed by atoms with van der Waals surface area (Å²) in [5.74, 6) is 1.55. The van der Waals surface area contributed by atoms with E-state index in [1.807, 2.05) is 0 Å². The third-order valence-electron chi connectivity index (χ3n) is 3.76. The molecule has 0 aromatic heterocycles. The maximum absolute atomic E-state index is 5.73. The molecule has 96 valence electrons. The van der Waals surface area contributed by atoms with Gasteiger partial charge in [0.25, 0.3) is 0 Å². The summed E-state index contributed by atoms with van der Waals surface area (Å²) in [6.07, 6.45) is 7.56. The van der Waals surface area contributed by atoms with E-state index >= 15 is 0 Å². The molecule has 0 spiro atoms. The Bertz CT molecular complexity index is 164. The lowest BCUT2D eigenvalue weighted by molar-refractivity contribution is 0.0370. The predicted molar refractivity (Wildman–Crippen MR) is 69.7 cm³/mol. The van der Waals surface area contributed by atoms with Gasteiger partial charge in [0.05, 0.1) is 12.7 Å². The second-order valence-electron chi connectivity index (χ2n) is 5.53. The van der Waals surface area contributed by atoms with Gasteiger partial charge in [-0.3, -0.25) is 0 Å². The van der Waals surface area contributed by atoms with Crippen LogP contribution in [0.2, 0.25) is 0 Å². The Morgan fingerprint density at radius 3 is 2.44 bits per heavy atom. The van der Waals surface area contributed by atoms with Gasteiger partial charge < -0.3 is 10.1 Å². The molecule has 1 aliphatic carbocycles. The van der Waals surface area contributed by atoms with Crippen molar-refractivity contribution < 1.29 is 4.74 Å². The zero-order valence-corrected chi connectivity index (χ0v) is 11.3. The van der Waals surface area contributed by atoms with Crippen molar-refractivity contribution >= 4 is 0 Å². The highest BCUT2D eigenvalue weighted by Gasteiger charge is 2.12. The Balaban J connectivity index is 1.91. The quantitative estimate of drug-likeness (QED) is 0.674. The first-order chi connectivity index (χ1) is 7.70. The van der Waals surface area contributed by atoms with Crippen LogP contribution in [0.25, 0.3) is 0 Å². The van der Waals surface area contributed by atoms with Crippen LogP contribution in [-0.2, 0) is 4.74 Å². The fraction of sp³-hybridized carbons (Fsp3) is 1.00. The zero-order chi connectivity index (χ0) is 11.8. The van der Waals surface area contributed by atoms with Gasteiger partial charge in [-0.1, -0.05) is 33.1 Å². The van der Waals surface area contributed by atoms with Crippen LogP contribution in [0.4, 0.5) is 0 Å². The monoisotopic (exact) mass is 227 g/mol. The third kappa shape index (κ3) is 5.86. The fourth-order valence-corrected chi connectivity index (χ4v) is 2.21. The molecule has 2 nitrogen and oxygen atoms in total. The molecule has 0 bridgehead atoms. The smallest absolute Gasteiger partial charge is 0.0594 e. The van der Waals surface area contributed by atoms with E-state index < -0.39 is 0 Å². The molecule has 0 amide bonds. The summed E-state index contributed by atoms with van der Waals surface area (Å²) < 4.78 is 5.73. The predicted octanol–water partition coefficient (Wildman–Crippen LogP) is 3.22. The Morgan fingerprint density at radius 1 is 1.12 bits per heavy atom. The number of ether oxygens (including phenoxy) is 1. The topological polar surface area (TPSA) is 21.3 Å². The molecule has 0 heterocycles. The molecule has 1 saturated carbocycles. The maximum atomic E-state index is 5.73. The number of hydrogen-bond acceptors (Lipinski definition) is 2. The largest absolute Gasteiger partial charge is 0.377 e. The van der Waals surface area contributed by atoms with E-state index in [4.69, 9.17) is 4.74 Å². The Kier molecular flexibility index (Phi) is 7.06. The van der Waals surface area contributed by atoms with Gasteiger partial charge in [-0.2, -0.15) is 0 Å². The van der Waals surface area contributed by atoms with Gasteiger partial charge in [0.2, 0.25) is 0 Å². The summed E-state index contributed by atoms with van der Waals surface area (Å²) in [6.45, 7) is 9.63. The van der Waals surface area contributed by atoms with Crippen LogP contribution in [0.5, 0.6) is 0 Å². The van der Waals surface area contributed by atoms with Crippen molar-refractivity contribution in [1.82, 2.24) is 5.32 Å². The van der Waals surface area contributed by atoms with Gasteiger partial charge in [-0.25, -0.2) is 0 Å². The minimum atomic E-state index is 0.386. The molecule has 1 unspecified atom stereocenters. The van der Waals surface area contributed by atoms with Crippen molar-refractivity contribution in [3.8, 4) is 0 Å². The summed E-state index contributed by atoms with van der Waals surface area (Å²) in [6, 6.07) is 0. The molecule has 16 heavy (non-hydrogen) atoms. The molecule has 0 radical (unpaired) electrons. The lowest BCUT2D eigenvalue weighted by Crippen LogP contribution is -2.29. The summed E-state index contributed by atoms with van der Waals surface area (Å²) in [7, 11) is 0. The van der Waals surface area contributed by atoms with E-state index in [0.717, 1.165) is 19.1 Å². The molecule has 1 aliphatic rings. The molecule has 2 heteroatoms. The average molecular weight is 227 g/mol. The minimum absolute atomic E-state index is 0.386. The van der Waals surface area contributed by atoms with E-state index in [2.05, 4.69) is 26.1 Å². The van der Waals surface area contributed by atoms with Gasteiger partial charge in [0.1, 0.15) is 0 Å². The van der Waals surface area contributed by atoms with Crippen molar-refractivity contribution in [2.75, 3.05) is 19.7 Å². The van der Waals surface area contributed by atoms with Crippen LogP contribution >= 0.6 is 0 Å². The van der Waals surface area contributed by atoms with Gasteiger partial charge in [-0.15, -0.1) is 0 Å². The molecule has 0 aromatic carbocycles. The summed E-state index contributed by atoms with van der Waals surface area (Å²) in [4.78, 5) is 0. The molecular weight excluding hydrogens is 198 g/mol. The highest BCUT2D eigenvalue weighted by atomic mass is 16.5. The van der Waals surface area contributed by atoms with E-state index in [1.165, 1.54) is 38.6 Å². The highest BCUT2D eigenvalue weighted by Crippen LogP contribution is 2.22. The Morgan fingerprint density at radius 2 is 1.81 bits per heavy atom.